The molecular weight excluding hydrogens is 154 g/mol. The Morgan fingerprint density at radius 1 is 1.64 bits per heavy atom. The van der Waals surface area contributed by atoms with Gasteiger partial charge < -0.3 is 4.90 Å². The van der Waals surface area contributed by atoms with Crippen molar-refractivity contribution in [3.8, 4) is 0 Å². The van der Waals surface area contributed by atoms with Crippen LogP contribution in [0, 0.1) is 5.92 Å². The van der Waals surface area contributed by atoms with Gasteiger partial charge in [-0.25, -0.2) is 0 Å². The first-order valence-corrected chi connectivity index (χ1v) is 5.33. The molecule has 66 valence electrons. The molecule has 0 rings (SSSR count). The summed E-state index contributed by atoms with van der Waals surface area (Å²) >= 11 is 1.91. The molecule has 0 aromatic carbocycles. The van der Waals surface area contributed by atoms with E-state index in [4.69, 9.17) is 0 Å². The molecule has 0 saturated heterocycles. The Balaban J connectivity index is 3.56. The second-order valence-corrected chi connectivity index (χ2v) is 4.09. The maximum Gasteiger partial charge on any atom is 0.0205 e. The summed E-state index contributed by atoms with van der Waals surface area (Å²) in [7, 11) is 2.10. The second kappa shape index (κ2) is 5.53. The third-order valence-electron chi connectivity index (χ3n) is 1.69. The van der Waals surface area contributed by atoms with Gasteiger partial charge in [0.05, 0.1) is 0 Å². The lowest BCUT2D eigenvalue weighted by Gasteiger charge is -2.22. The van der Waals surface area contributed by atoms with Crippen LogP contribution in [0.4, 0.5) is 0 Å². The Morgan fingerprint density at radius 3 is 2.55 bits per heavy atom. The Kier molecular flexibility index (Phi) is 5.47. The third-order valence-corrected chi connectivity index (χ3v) is 2.59. The van der Waals surface area contributed by atoms with E-state index < -0.39 is 0 Å². The molecule has 0 aliphatic heterocycles. The molecule has 0 N–H and O–H groups in total. The fraction of sp³-hybridized carbons (Fsp3) is 0.778. The van der Waals surface area contributed by atoms with Gasteiger partial charge in [-0.1, -0.05) is 13.5 Å². The average molecular weight is 173 g/mol. The molecule has 0 aliphatic rings. The first-order chi connectivity index (χ1) is 5.07. The van der Waals surface area contributed by atoms with Crippen LogP contribution in [-0.4, -0.2) is 30.5 Å². The van der Waals surface area contributed by atoms with Crippen LogP contribution in [-0.2, 0) is 0 Å². The molecule has 2 heteroatoms. The molecule has 11 heavy (non-hydrogen) atoms. The summed E-state index contributed by atoms with van der Waals surface area (Å²) < 4.78 is 0. The van der Waals surface area contributed by atoms with Crippen molar-refractivity contribution in [3.05, 3.63) is 12.3 Å². The van der Waals surface area contributed by atoms with E-state index >= 15 is 0 Å². The highest BCUT2D eigenvalue weighted by Gasteiger charge is 2.04. The predicted octanol–water partition coefficient (Wildman–Crippen LogP) is 2.45. The fourth-order valence-corrected chi connectivity index (χ4v) is 1.64. The number of allylic oxidation sites excluding steroid dienone is 1. The van der Waals surface area contributed by atoms with E-state index in [1.807, 2.05) is 18.7 Å². The Morgan fingerprint density at radius 2 is 2.18 bits per heavy atom. The van der Waals surface area contributed by atoms with E-state index in [-0.39, 0.29) is 0 Å². The molecule has 0 amide bonds. The van der Waals surface area contributed by atoms with Gasteiger partial charge in [-0.2, -0.15) is 11.8 Å². The molecular formula is C9H19NS. The van der Waals surface area contributed by atoms with E-state index in [0.29, 0.717) is 0 Å². The van der Waals surface area contributed by atoms with Gasteiger partial charge >= 0.3 is 0 Å². The van der Waals surface area contributed by atoms with E-state index in [1.54, 1.807) is 0 Å². The van der Waals surface area contributed by atoms with Crippen LogP contribution in [0.5, 0.6) is 0 Å². The van der Waals surface area contributed by atoms with Gasteiger partial charge in [-0.3, -0.25) is 0 Å². The van der Waals surface area contributed by atoms with Gasteiger partial charge in [0.25, 0.3) is 0 Å². The van der Waals surface area contributed by atoms with Crippen molar-refractivity contribution in [3.63, 3.8) is 0 Å². The molecule has 0 heterocycles. The molecule has 0 aliphatic carbocycles. The fourth-order valence-electron chi connectivity index (χ4n) is 0.961. The van der Waals surface area contributed by atoms with Gasteiger partial charge in [0, 0.05) is 19.3 Å². The van der Waals surface area contributed by atoms with Crippen LogP contribution < -0.4 is 0 Å². The Hall–Kier alpha value is -0.110. The molecule has 0 aromatic heterocycles. The topological polar surface area (TPSA) is 3.24 Å². The molecule has 0 spiro atoms. The second-order valence-electron chi connectivity index (χ2n) is 3.18. The molecule has 0 radical (unpaired) electrons. The first-order valence-electron chi connectivity index (χ1n) is 3.93. The molecule has 0 aromatic rings. The highest BCUT2D eigenvalue weighted by Crippen LogP contribution is 2.08. The van der Waals surface area contributed by atoms with Gasteiger partial charge in [0.2, 0.25) is 0 Å². The maximum atomic E-state index is 3.89. The lowest BCUT2D eigenvalue weighted by atomic mass is 10.2. The van der Waals surface area contributed by atoms with Crippen LogP contribution in [0.15, 0.2) is 12.3 Å². The van der Waals surface area contributed by atoms with E-state index in [0.717, 1.165) is 18.2 Å². The summed E-state index contributed by atoms with van der Waals surface area (Å²) in [5.41, 5.74) is 1.15. The van der Waals surface area contributed by atoms with Crippen LogP contribution in [0.2, 0.25) is 0 Å². The standard InChI is InChI=1S/C9H19NS/c1-8(2)10(4)6-9(3)7-11-5/h9H,1,6-7H2,2-5H3/t9-/m0/s1. The predicted molar refractivity (Wildman–Crippen MR) is 55.0 cm³/mol. The number of thioether (sulfide) groups is 1. The smallest absolute Gasteiger partial charge is 0.0205 e. The lowest BCUT2D eigenvalue weighted by Crippen LogP contribution is -2.23. The van der Waals surface area contributed by atoms with Crippen molar-refractivity contribution in [2.24, 2.45) is 5.92 Å². The summed E-state index contributed by atoms with van der Waals surface area (Å²) in [6.07, 6.45) is 2.15. The summed E-state index contributed by atoms with van der Waals surface area (Å²) in [6, 6.07) is 0. The van der Waals surface area contributed by atoms with Gasteiger partial charge in [-0.05, 0) is 24.9 Å². The maximum absolute atomic E-state index is 3.89. The Labute approximate surface area is 74.9 Å². The van der Waals surface area contributed by atoms with Crippen molar-refractivity contribution in [1.82, 2.24) is 4.90 Å². The van der Waals surface area contributed by atoms with Crippen molar-refractivity contribution in [2.75, 3.05) is 25.6 Å². The summed E-state index contributed by atoms with van der Waals surface area (Å²) in [4.78, 5) is 2.21. The lowest BCUT2D eigenvalue weighted by molar-refractivity contribution is 0.367. The van der Waals surface area contributed by atoms with Gasteiger partial charge in [0.15, 0.2) is 0 Å². The van der Waals surface area contributed by atoms with E-state index in [9.17, 15) is 0 Å². The minimum atomic E-state index is 0.756. The third kappa shape index (κ3) is 5.19. The van der Waals surface area contributed by atoms with Crippen LogP contribution >= 0.6 is 11.8 Å². The normalized spacial score (nSPS) is 12.7. The summed E-state index contributed by atoms with van der Waals surface area (Å²) in [5.74, 6) is 1.99. The number of hydrogen-bond donors (Lipinski definition) is 0. The van der Waals surface area contributed by atoms with Crippen molar-refractivity contribution < 1.29 is 0 Å². The van der Waals surface area contributed by atoms with Crippen LogP contribution in [0.3, 0.4) is 0 Å². The van der Waals surface area contributed by atoms with Crippen molar-refractivity contribution in [1.29, 1.82) is 0 Å². The number of rotatable bonds is 5. The number of nitrogens with zero attached hydrogens (tertiary/aromatic N) is 1. The largest absolute Gasteiger partial charge is 0.378 e. The molecule has 0 unspecified atom stereocenters. The van der Waals surface area contributed by atoms with Crippen LogP contribution in [0.1, 0.15) is 13.8 Å². The minimum Gasteiger partial charge on any atom is -0.378 e. The minimum absolute atomic E-state index is 0.756. The zero-order valence-corrected chi connectivity index (χ0v) is 8.87. The Bertz CT molecular complexity index is 123. The van der Waals surface area contributed by atoms with Crippen molar-refractivity contribution >= 4 is 11.8 Å². The van der Waals surface area contributed by atoms with E-state index in [2.05, 4.69) is 31.7 Å². The SMILES string of the molecule is C=C(C)N(C)C[C@H](C)CSC. The highest BCUT2D eigenvalue weighted by atomic mass is 32.2. The van der Waals surface area contributed by atoms with Gasteiger partial charge in [0.1, 0.15) is 0 Å². The summed E-state index contributed by atoms with van der Waals surface area (Å²) in [5, 5.41) is 0. The van der Waals surface area contributed by atoms with Gasteiger partial charge in [-0.15, -0.1) is 0 Å². The summed E-state index contributed by atoms with van der Waals surface area (Å²) in [6.45, 7) is 9.33. The molecule has 0 bridgehead atoms. The molecule has 1 nitrogen and oxygen atoms in total. The zero-order valence-electron chi connectivity index (χ0n) is 8.05. The average Bonchev–Trinajstić information content (AvgIpc) is 1.87. The quantitative estimate of drug-likeness (QED) is 0.628. The first kappa shape index (κ1) is 10.9. The molecule has 1 atom stereocenters. The van der Waals surface area contributed by atoms with Crippen LogP contribution in [0.25, 0.3) is 0 Å². The monoisotopic (exact) mass is 173 g/mol. The highest BCUT2D eigenvalue weighted by molar-refractivity contribution is 7.98. The van der Waals surface area contributed by atoms with Crippen molar-refractivity contribution in [2.45, 2.75) is 13.8 Å². The molecule has 0 fully saturated rings. The molecule has 0 saturated carbocycles. The van der Waals surface area contributed by atoms with E-state index in [1.165, 1.54) is 5.75 Å². The number of hydrogen-bond acceptors (Lipinski definition) is 2. The zero-order chi connectivity index (χ0) is 8.85.